The second kappa shape index (κ2) is 4.57. The van der Waals surface area contributed by atoms with Crippen molar-refractivity contribution in [1.29, 1.82) is 0 Å². The fraction of sp³-hybridized carbons (Fsp3) is 0.429. The van der Waals surface area contributed by atoms with Crippen LogP contribution in [0.1, 0.15) is 37.2 Å². The lowest BCUT2D eigenvalue weighted by molar-refractivity contribution is -0.143. The predicted octanol–water partition coefficient (Wildman–Crippen LogP) is 2.48. The van der Waals surface area contributed by atoms with Crippen molar-refractivity contribution in [3.8, 4) is 0 Å². The highest BCUT2D eigenvalue weighted by atomic mass is 16.4. The molecule has 1 fully saturated rings. The number of oxazole rings is 1. The SMILES string of the molecule is O=C(O)C1CCCCC1c1ccc2oc(=O)[nH]c2c1. The molecule has 1 aliphatic carbocycles. The Balaban J connectivity index is 2.01. The number of hydrogen-bond donors (Lipinski definition) is 2. The van der Waals surface area contributed by atoms with Crippen molar-refractivity contribution in [2.24, 2.45) is 5.92 Å². The maximum atomic E-state index is 11.3. The lowest BCUT2D eigenvalue weighted by atomic mass is 9.75. The van der Waals surface area contributed by atoms with E-state index in [0.717, 1.165) is 31.2 Å². The van der Waals surface area contributed by atoms with Gasteiger partial charge in [0.25, 0.3) is 0 Å². The monoisotopic (exact) mass is 261 g/mol. The number of fused-ring (bicyclic) bond motifs is 1. The van der Waals surface area contributed by atoms with Crippen LogP contribution in [0.25, 0.3) is 11.1 Å². The van der Waals surface area contributed by atoms with E-state index >= 15 is 0 Å². The van der Waals surface area contributed by atoms with Crippen molar-refractivity contribution >= 4 is 17.1 Å². The topological polar surface area (TPSA) is 83.3 Å². The molecule has 2 N–H and O–H groups in total. The molecule has 2 atom stereocenters. The first-order chi connectivity index (χ1) is 9.15. The molecule has 1 saturated carbocycles. The molecular weight excluding hydrogens is 246 g/mol. The number of benzene rings is 1. The number of carboxylic acid groups (broad SMARTS) is 1. The maximum Gasteiger partial charge on any atom is 0.417 e. The average molecular weight is 261 g/mol. The first kappa shape index (κ1) is 12.0. The van der Waals surface area contributed by atoms with Gasteiger partial charge in [0.05, 0.1) is 11.4 Å². The zero-order chi connectivity index (χ0) is 13.4. The lowest BCUT2D eigenvalue weighted by Crippen LogP contribution is -2.25. The third-order valence-corrected chi connectivity index (χ3v) is 3.95. The minimum Gasteiger partial charge on any atom is -0.481 e. The number of nitrogens with one attached hydrogen (secondary N) is 1. The molecule has 0 aliphatic heterocycles. The summed E-state index contributed by atoms with van der Waals surface area (Å²) in [5.41, 5.74) is 2.12. The van der Waals surface area contributed by atoms with Crippen LogP contribution in [0.15, 0.2) is 27.4 Å². The van der Waals surface area contributed by atoms with Crippen molar-refractivity contribution in [3.05, 3.63) is 34.3 Å². The van der Waals surface area contributed by atoms with E-state index in [9.17, 15) is 14.7 Å². The largest absolute Gasteiger partial charge is 0.481 e. The Morgan fingerprint density at radius 1 is 1.32 bits per heavy atom. The molecule has 3 rings (SSSR count). The van der Waals surface area contributed by atoms with Crippen LogP contribution in [0, 0.1) is 5.92 Å². The molecule has 100 valence electrons. The zero-order valence-electron chi connectivity index (χ0n) is 10.4. The van der Waals surface area contributed by atoms with Crippen molar-refractivity contribution in [1.82, 2.24) is 4.98 Å². The van der Waals surface area contributed by atoms with Gasteiger partial charge in [0, 0.05) is 0 Å². The lowest BCUT2D eigenvalue weighted by Gasteiger charge is -2.28. The fourth-order valence-electron chi connectivity index (χ4n) is 3.03. The Kier molecular flexibility index (Phi) is 2.89. The highest BCUT2D eigenvalue weighted by Gasteiger charge is 2.31. The van der Waals surface area contributed by atoms with Gasteiger partial charge in [-0.2, -0.15) is 0 Å². The van der Waals surface area contributed by atoms with E-state index in [1.54, 1.807) is 6.07 Å². The molecule has 2 unspecified atom stereocenters. The van der Waals surface area contributed by atoms with Crippen LogP contribution >= 0.6 is 0 Å². The van der Waals surface area contributed by atoms with Crippen LogP contribution in [0.3, 0.4) is 0 Å². The number of carboxylic acids is 1. The third-order valence-electron chi connectivity index (χ3n) is 3.95. The molecule has 5 nitrogen and oxygen atoms in total. The Morgan fingerprint density at radius 2 is 2.11 bits per heavy atom. The summed E-state index contributed by atoms with van der Waals surface area (Å²) < 4.78 is 4.96. The summed E-state index contributed by atoms with van der Waals surface area (Å²) >= 11 is 0. The Labute approximate surface area is 109 Å². The van der Waals surface area contributed by atoms with Gasteiger partial charge in [-0.05, 0) is 36.5 Å². The molecule has 0 radical (unpaired) electrons. The molecule has 5 heteroatoms. The highest BCUT2D eigenvalue weighted by Crippen LogP contribution is 2.38. The highest BCUT2D eigenvalue weighted by molar-refractivity contribution is 5.75. The van der Waals surface area contributed by atoms with E-state index < -0.39 is 11.7 Å². The Bertz CT molecular complexity index is 669. The summed E-state index contributed by atoms with van der Waals surface area (Å²) in [6.07, 6.45) is 3.62. The van der Waals surface area contributed by atoms with Crippen LogP contribution in [-0.4, -0.2) is 16.1 Å². The van der Waals surface area contributed by atoms with Crippen LogP contribution in [-0.2, 0) is 4.79 Å². The predicted molar refractivity (Wildman–Crippen MR) is 69.2 cm³/mol. The Hall–Kier alpha value is -2.04. The average Bonchev–Trinajstić information content (AvgIpc) is 2.77. The van der Waals surface area contributed by atoms with E-state index in [1.807, 2.05) is 12.1 Å². The molecule has 1 heterocycles. The molecule has 0 saturated heterocycles. The number of hydrogen-bond acceptors (Lipinski definition) is 3. The quantitative estimate of drug-likeness (QED) is 0.869. The molecule has 0 spiro atoms. The van der Waals surface area contributed by atoms with E-state index in [4.69, 9.17) is 4.42 Å². The van der Waals surface area contributed by atoms with E-state index in [2.05, 4.69) is 4.98 Å². The number of H-pyrrole nitrogens is 1. The molecule has 19 heavy (non-hydrogen) atoms. The van der Waals surface area contributed by atoms with Crippen molar-refractivity contribution in [2.45, 2.75) is 31.6 Å². The first-order valence-electron chi connectivity index (χ1n) is 6.51. The van der Waals surface area contributed by atoms with Gasteiger partial charge in [-0.15, -0.1) is 0 Å². The van der Waals surface area contributed by atoms with Crippen LogP contribution in [0.2, 0.25) is 0 Å². The summed E-state index contributed by atoms with van der Waals surface area (Å²) in [6.45, 7) is 0. The number of aromatic nitrogens is 1. The van der Waals surface area contributed by atoms with Gasteiger partial charge in [-0.3, -0.25) is 9.78 Å². The van der Waals surface area contributed by atoms with Crippen molar-refractivity contribution in [3.63, 3.8) is 0 Å². The summed E-state index contributed by atoms with van der Waals surface area (Å²) in [5, 5.41) is 9.31. The van der Waals surface area contributed by atoms with Crippen molar-refractivity contribution in [2.75, 3.05) is 0 Å². The number of rotatable bonds is 2. The van der Waals surface area contributed by atoms with Gasteiger partial charge in [-0.1, -0.05) is 18.9 Å². The number of carbonyl (C=O) groups is 1. The third kappa shape index (κ3) is 2.16. The second-order valence-electron chi connectivity index (χ2n) is 5.11. The molecule has 2 aromatic rings. The molecule has 0 bridgehead atoms. The number of aliphatic carboxylic acids is 1. The summed E-state index contributed by atoms with van der Waals surface area (Å²) in [6, 6.07) is 5.44. The van der Waals surface area contributed by atoms with Crippen LogP contribution in [0.5, 0.6) is 0 Å². The van der Waals surface area contributed by atoms with Crippen LogP contribution in [0.4, 0.5) is 0 Å². The molecule has 0 amide bonds. The standard InChI is InChI=1S/C14H15NO4/c16-13(17)10-4-2-1-3-9(10)8-5-6-12-11(7-8)15-14(18)19-12/h5-7,9-10H,1-4H2,(H,15,18)(H,16,17). The second-order valence-corrected chi connectivity index (χ2v) is 5.11. The molecule has 1 aromatic heterocycles. The van der Waals surface area contributed by atoms with Gasteiger partial charge in [-0.25, -0.2) is 4.79 Å². The van der Waals surface area contributed by atoms with Gasteiger partial charge >= 0.3 is 11.7 Å². The maximum absolute atomic E-state index is 11.3. The number of aromatic amines is 1. The minimum atomic E-state index is -0.731. The minimum absolute atomic E-state index is 0.0223. The van der Waals surface area contributed by atoms with Gasteiger partial charge in [0.15, 0.2) is 5.58 Å². The first-order valence-corrected chi connectivity index (χ1v) is 6.51. The smallest absolute Gasteiger partial charge is 0.417 e. The Morgan fingerprint density at radius 3 is 2.89 bits per heavy atom. The van der Waals surface area contributed by atoms with Gasteiger partial charge in [0.1, 0.15) is 0 Å². The fourth-order valence-corrected chi connectivity index (χ4v) is 3.03. The van der Waals surface area contributed by atoms with E-state index in [1.165, 1.54) is 0 Å². The van der Waals surface area contributed by atoms with E-state index in [-0.39, 0.29) is 11.8 Å². The summed E-state index contributed by atoms with van der Waals surface area (Å²) in [5.74, 6) is -1.52. The summed E-state index contributed by atoms with van der Waals surface area (Å²) in [7, 11) is 0. The molecule has 1 aliphatic rings. The normalized spacial score (nSPS) is 23.6. The molecular formula is C14H15NO4. The van der Waals surface area contributed by atoms with Crippen LogP contribution < -0.4 is 5.76 Å². The summed E-state index contributed by atoms with van der Waals surface area (Å²) in [4.78, 5) is 25.1. The van der Waals surface area contributed by atoms with Gasteiger partial charge in [0.2, 0.25) is 0 Å². The van der Waals surface area contributed by atoms with E-state index in [0.29, 0.717) is 11.1 Å². The molecule has 1 aromatic carbocycles. The zero-order valence-corrected chi connectivity index (χ0v) is 10.4. The van der Waals surface area contributed by atoms with Gasteiger partial charge < -0.3 is 9.52 Å². The van der Waals surface area contributed by atoms with Crippen molar-refractivity contribution < 1.29 is 14.3 Å².